The van der Waals surface area contributed by atoms with E-state index in [1.54, 1.807) is 10.8 Å². The Morgan fingerprint density at radius 3 is 2.71 bits per heavy atom. The first-order valence-electron chi connectivity index (χ1n) is 10.8. The number of H-pyrrole nitrogens is 1. The number of rotatable bonds is 10. The molecule has 9 nitrogen and oxygen atoms in total. The van der Waals surface area contributed by atoms with Crippen molar-refractivity contribution < 1.29 is 14.2 Å². The van der Waals surface area contributed by atoms with Gasteiger partial charge in [0.15, 0.2) is 5.65 Å². The molecule has 0 saturated carbocycles. The summed E-state index contributed by atoms with van der Waals surface area (Å²) < 4.78 is 18.4. The predicted molar refractivity (Wildman–Crippen MR) is 117 cm³/mol. The molecule has 2 aromatic heterocycles. The third-order valence-corrected chi connectivity index (χ3v) is 5.26. The highest BCUT2D eigenvalue weighted by Gasteiger charge is 2.12. The number of aromatic amines is 1. The van der Waals surface area contributed by atoms with Crippen LogP contribution in [-0.4, -0.2) is 70.5 Å². The Morgan fingerprint density at radius 2 is 1.94 bits per heavy atom. The van der Waals surface area contributed by atoms with Crippen LogP contribution in [0.25, 0.3) is 11.2 Å². The molecule has 0 bridgehead atoms. The second-order valence-corrected chi connectivity index (χ2v) is 7.55. The fourth-order valence-corrected chi connectivity index (χ4v) is 3.45. The van der Waals surface area contributed by atoms with Gasteiger partial charge in [-0.25, -0.2) is 9.78 Å². The minimum absolute atomic E-state index is 0.221. The van der Waals surface area contributed by atoms with Crippen molar-refractivity contribution in [3.05, 3.63) is 46.5 Å². The average Bonchev–Trinajstić information content (AvgIpc) is 3.10. The fourth-order valence-electron chi connectivity index (χ4n) is 3.45. The third-order valence-electron chi connectivity index (χ3n) is 5.26. The summed E-state index contributed by atoms with van der Waals surface area (Å²) in [4.78, 5) is 26.2. The molecule has 1 fully saturated rings. The van der Waals surface area contributed by atoms with E-state index < -0.39 is 0 Å². The lowest BCUT2D eigenvalue weighted by molar-refractivity contribution is 0.0322. The first-order chi connectivity index (χ1) is 15.2. The minimum atomic E-state index is -0.221. The molecule has 0 unspecified atom stereocenters. The van der Waals surface area contributed by atoms with Crippen LogP contribution in [-0.2, 0) is 11.3 Å². The lowest BCUT2D eigenvalue weighted by atomic mass is 10.2. The lowest BCUT2D eigenvalue weighted by Crippen LogP contribution is -2.38. The van der Waals surface area contributed by atoms with Gasteiger partial charge in [0.25, 0.3) is 0 Å². The van der Waals surface area contributed by atoms with Gasteiger partial charge in [0.05, 0.1) is 32.6 Å². The van der Waals surface area contributed by atoms with E-state index in [0.29, 0.717) is 30.9 Å². The van der Waals surface area contributed by atoms with Crippen LogP contribution < -0.4 is 15.2 Å². The molecule has 1 aliphatic heterocycles. The number of aromatic nitrogens is 4. The van der Waals surface area contributed by atoms with E-state index >= 15 is 0 Å². The third kappa shape index (κ3) is 5.62. The highest BCUT2D eigenvalue weighted by Crippen LogP contribution is 2.16. The van der Waals surface area contributed by atoms with E-state index in [2.05, 4.69) is 26.8 Å². The van der Waals surface area contributed by atoms with Gasteiger partial charge >= 0.3 is 11.7 Å². The van der Waals surface area contributed by atoms with E-state index in [-0.39, 0.29) is 11.7 Å². The maximum Gasteiger partial charge on any atom is 0.328 e. The Morgan fingerprint density at radius 1 is 1.13 bits per heavy atom. The summed E-state index contributed by atoms with van der Waals surface area (Å²) in [6.07, 6.45) is 3.55. The SMILES string of the molecule is CCCCOc1ncc2[nH]c(=O)n(Cc3ccc(OCCN4CCOCC4)cc3)c2n1. The molecule has 3 heterocycles. The minimum Gasteiger partial charge on any atom is -0.492 e. The molecule has 0 radical (unpaired) electrons. The van der Waals surface area contributed by atoms with Gasteiger partial charge in [0, 0.05) is 19.6 Å². The Labute approximate surface area is 181 Å². The van der Waals surface area contributed by atoms with Crippen LogP contribution in [0.15, 0.2) is 35.3 Å². The average molecular weight is 428 g/mol. The normalized spacial score (nSPS) is 14.7. The summed E-state index contributed by atoms with van der Waals surface area (Å²) in [5, 5.41) is 0. The Kier molecular flexibility index (Phi) is 7.16. The predicted octanol–water partition coefficient (Wildman–Crippen LogP) is 2.06. The molecule has 0 amide bonds. The van der Waals surface area contributed by atoms with Crippen molar-refractivity contribution in [3.63, 3.8) is 0 Å². The number of hydrogen-bond donors (Lipinski definition) is 1. The Balaban J connectivity index is 1.38. The second kappa shape index (κ2) is 10.4. The quantitative estimate of drug-likeness (QED) is 0.495. The number of imidazole rings is 1. The molecule has 0 spiro atoms. The molecule has 1 N–H and O–H groups in total. The number of ether oxygens (including phenoxy) is 3. The van der Waals surface area contributed by atoms with Crippen molar-refractivity contribution in [1.82, 2.24) is 24.4 Å². The molecule has 1 aromatic carbocycles. The second-order valence-electron chi connectivity index (χ2n) is 7.55. The molecular weight excluding hydrogens is 398 g/mol. The van der Waals surface area contributed by atoms with Gasteiger partial charge in [-0.3, -0.25) is 9.47 Å². The highest BCUT2D eigenvalue weighted by molar-refractivity contribution is 5.69. The highest BCUT2D eigenvalue weighted by atomic mass is 16.5. The summed E-state index contributed by atoms with van der Waals surface area (Å²) in [5.74, 6) is 0.817. The van der Waals surface area contributed by atoms with Gasteiger partial charge in [-0.05, 0) is 24.1 Å². The molecule has 0 aliphatic carbocycles. The maximum atomic E-state index is 12.4. The van der Waals surface area contributed by atoms with Crippen molar-refractivity contribution in [2.75, 3.05) is 46.1 Å². The van der Waals surface area contributed by atoms with Crippen molar-refractivity contribution in [2.45, 2.75) is 26.3 Å². The topological polar surface area (TPSA) is 94.5 Å². The molecule has 1 saturated heterocycles. The molecular formula is C22H29N5O4. The summed E-state index contributed by atoms with van der Waals surface area (Å²) in [7, 11) is 0. The van der Waals surface area contributed by atoms with E-state index in [1.807, 2.05) is 24.3 Å². The van der Waals surface area contributed by atoms with Crippen LogP contribution >= 0.6 is 0 Å². The molecule has 1 aliphatic rings. The number of nitrogens with one attached hydrogen (secondary N) is 1. The van der Waals surface area contributed by atoms with Gasteiger partial charge in [-0.2, -0.15) is 4.98 Å². The van der Waals surface area contributed by atoms with Crippen LogP contribution in [0.4, 0.5) is 0 Å². The number of benzene rings is 1. The summed E-state index contributed by atoms with van der Waals surface area (Å²) >= 11 is 0. The first-order valence-corrected chi connectivity index (χ1v) is 10.8. The standard InChI is InChI=1S/C22H29N5O4/c1-2-3-11-31-21-23-15-19-20(25-21)27(22(28)24-19)16-17-4-6-18(7-5-17)30-14-10-26-8-12-29-13-9-26/h4-7,15H,2-3,8-14,16H2,1H3,(H,24,28). The summed E-state index contributed by atoms with van der Waals surface area (Å²) in [5.41, 5.74) is 1.89. The van der Waals surface area contributed by atoms with E-state index in [9.17, 15) is 4.79 Å². The molecule has 31 heavy (non-hydrogen) atoms. The van der Waals surface area contributed by atoms with Crippen molar-refractivity contribution in [1.29, 1.82) is 0 Å². The van der Waals surface area contributed by atoms with Crippen LogP contribution in [0.5, 0.6) is 11.8 Å². The molecule has 4 rings (SSSR count). The van der Waals surface area contributed by atoms with Crippen molar-refractivity contribution in [3.8, 4) is 11.8 Å². The van der Waals surface area contributed by atoms with Gasteiger partial charge < -0.3 is 19.2 Å². The monoisotopic (exact) mass is 427 g/mol. The first kappa shape index (κ1) is 21.3. The molecule has 3 aromatic rings. The Bertz CT molecular complexity index is 1020. The van der Waals surface area contributed by atoms with Crippen LogP contribution in [0.2, 0.25) is 0 Å². The molecule has 166 valence electrons. The molecule has 9 heteroatoms. The van der Waals surface area contributed by atoms with Crippen LogP contribution in [0, 0.1) is 0 Å². The summed E-state index contributed by atoms with van der Waals surface area (Å²) in [6, 6.07) is 8.09. The van der Waals surface area contributed by atoms with E-state index in [0.717, 1.165) is 57.0 Å². The number of morpholine rings is 1. The van der Waals surface area contributed by atoms with Crippen molar-refractivity contribution in [2.24, 2.45) is 0 Å². The maximum absolute atomic E-state index is 12.4. The largest absolute Gasteiger partial charge is 0.492 e. The van der Waals surface area contributed by atoms with Gasteiger partial charge in [0.2, 0.25) is 0 Å². The Hall–Kier alpha value is -2.91. The van der Waals surface area contributed by atoms with E-state index in [4.69, 9.17) is 14.2 Å². The summed E-state index contributed by atoms with van der Waals surface area (Å²) in [6.45, 7) is 8.07. The number of hydrogen-bond acceptors (Lipinski definition) is 7. The van der Waals surface area contributed by atoms with Crippen LogP contribution in [0.3, 0.4) is 0 Å². The zero-order chi connectivity index (χ0) is 21.5. The number of fused-ring (bicyclic) bond motifs is 1. The number of nitrogens with zero attached hydrogens (tertiary/aromatic N) is 4. The smallest absolute Gasteiger partial charge is 0.328 e. The number of unbranched alkanes of at least 4 members (excludes halogenated alkanes) is 1. The van der Waals surface area contributed by atoms with Gasteiger partial charge in [-0.1, -0.05) is 25.5 Å². The fraction of sp³-hybridized carbons (Fsp3) is 0.500. The zero-order valence-corrected chi connectivity index (χ0v) is 17.9. The lowest BCUT2D eigenvalue weighted by Gasteiger charge is -2.26. The van der Waals surface area contributed by atoms with E-state index in [1.165, 1.54) is 0 Å². The molecule has 0 atom stereocenters. The van der Waals surface area contributed by atoms with Crippen molar-refractivity contribution >= 4 is 11.2 Å². The zero-order valence-electron chi connectivity index (χ0n) is 17.9. The van der Waals surface area contributed by atoms with Gasteiger partial charge in [0.1, 0.15) is 17.9 Å². The van der Waals surface area contributed by atoms with Crippen LogP contribution in [0.1, 0.15) is 25.3 Å². The van der Waals surface area contributed by atoms with Gasteiger partial charge in [-0.15, -0.1) is 0 Å².